The lowest BCUT2D eigenvalue weighted by atomic mass is 9.78. The Morgan fingerprint density at radius 3 is 2.37 bits per heavy atom. The first-order valence-corrected chi connectivity index (χ1v) is 10.3. The number of hydrogen-bond acceptors (Lipinski definition) is 7. The highest BCUT2D eigenvalue weighted by molar-refractivity contribution is 5.96. The van der Waals surface area contributed by atoms with E-state index in [2.05, 4.69) is 15.5 Å². The van der Waals surface area contributed by atoms with Crippen LogP contribution in [-0.2, 0) is 14.3 Å². The van der Waals surface area contributed by atoms with E-state index in [1.54, 1.807) is 26.0 Å². The highest BCUT2D eigenvalue weighted by atomic mass is 16.6. The topological polar surface area (TPSA) is 120 Å². The monoisotopic (exact) mass is 414 g/mol. The number of nitrogens with one attached hydrogen (secondary N) is 1. The van der Waals surface area contributed by atoms with Crippen LogP contribution in [-0.4, -0.2) is 27.6 Å². The average Bonchev–Trinajstić information content (AvgIpc) is 3.01. The van der Waals surface area contributed by atoms with Crippen LogP contribution in [0.15, 0.2) is 16.7 Å². The summed E-state index contributed by atoms with van der Waals surface area (Å²) in [6.07, 6.45) is 3.15. The van der Waals surface area contributed by atoms with Gasteiger partial charge < -0.3 is 20.3 Å². The van der Waals surface area contributed by atoms with Crippen molar-refractivity contribution in [3.63, 3.8) is 0 Å². The molecule has 2 aromatic rings. The second kappa shape index (κ2) is 8.45. The van der Waals surface area contributed by atoms with Gasteiger partial charge in [-0.15, -0.1) is 0 Å². The molecule has 2 heterocycles. The van der Waals surface area contributed by atoms with Gasteiger partial charge in [0.05, 0.1) is 23.2 Å². The molecule has 1 amide bonds. The van der Waals surface area contributed by atoms with Crippen molar-refractivity contribution in [1.29, 1.82) is 0 Å². The van der Waals surface area contributed by atoms with Crippen molar-refractivity contribution in [3.05, 3.63) is 23.5 Å². The minimum atomic E-state index is -0.577. The van der Waals surface area contributed by atoms with E-state index in [0.29, 0.717) is 47.1 Å². The predicted molar refractivity (Wildman–Crippen MR) is 114 cm³/mol. The Kier molecular flexibility index (Phi) is 6.14. The number of carbonyl (C=O) groups is 2. The van der Waals surface area contributed by atoms with Gasteiger partial charge in [0.2, 0.25) is 11.7 Å². The van der Waals surface area contributed by atoms with Gasteiger partial charge in [-0.3, -0.25) is 9.59 Å². The Morgan fingerprint density at radius 1 is 1.13 bits per heavy atom. The molecular weight excluding hydrogens is 384 g/mol. The number of amides is 1. The fourth-order valence-electron chi connectivity index (χ4n) is 3.71. The summed E-state index contributed by atoms with van der Waals surface area (Å²) < 4.78 is 10.8. The molecule has 3 rings (SSSR count). The van der Waals surface area contributed by atoms with E-state index in [-0.39, 0.29) is 11.9 Å². The quantitative estimate of drug-likeness (QED) is 0.725. The van der Waals surface area contributed by atoms with Gasteiger partial charge in [-0.25, -0.2) is 4.98 Å². The molecule has 0 spiro atoms. The Labute approximate surface area is 176 Å². The zero-order valence-electron chi connectivity index (χ0n) is 18.2. The zero-order valence-corrected chi connectivity index (χ0v) is 18.2. The highest BCUT2D eigenvalue weighted by Crippen LogP contribution is 2.34. The number of aromatic nitrogens is 2. The minimum absolute atomic E-state index is 0.182. The van der Waals surface area contributed by atoms with E-state index >= 15 is 0 Å². The number of ether oxygens (including phenoxy) is 1. The first-order valence-electron chi connectivity index (χ1n) is 10.3. The third kappa shape index (κ3) is 4.80. The number of aryl methyl sites for hydroxylation is 2. The van der Waals surface area contributed by atoms with Crippen LogP contribution in [0.1, 0.15) is 57.8 Å². The molecule has 8 heteroatoms. The molecule has 0 saturated heterocycles. The number of nitrogen functional groups attached to an aromatic ring is 1. The van der Waals surface area contributed by atoms with Crippen LogP contribution in [0.5, 0.6) is 0 Å². The van der Waals surface area contributed by atoms with E-state index in [9.17, 15) is 9.59 Å². The molecule has 0 radical (unpaired) electrons. The van der Waals surface area contributed by atoms with Gasteiger partial charge in [-0.1, -0.05) is 18.0 Å². The number of anilines is 2. The van der Waals surface area contributed by atoms with E-state index in [0.717, 1.165) is 12.8 Å². The Morgan fingerprint density at radius 2 is 1.80 bits per heavy atom. The highest BCUT2D eigenvalue weighted by Gasteiger charge is 2.38. The Bertz CT molecular complexity index is 945. The van der Waals surface area contributed by atoms with Crippen molar-refractivity contribution in [2.24, 2.45) is 11.8 Å². The van der Waals surface area contributed by atoms with Gasteiger partial charge in [0.25, 0.3) is 0 Å². The summed E-state index contributed by atoms with van der Waals surface area (Å²) in [5.74, 6) is -0.921. The van der Waals surface area contributed by atoms with E-state index in [1.165, 1.54) is 0 Å². The maximum atomic E-state index is 13.0. The van der Waals surface area contributed by atoms with Crippen LogP contribution in [0.3, 0.4) is 0 Å². The van der Waals surface area contributed by atoms with Gasteiger partial charge in [0.15, 0.2) is 0 Å². The van der Waals surface area contributed by atoms with Crippen LogP contribution >= 0.6 is 0 Å². The van der Waals surface area contributed by atoms with Crippen LogP contribution in [0, 0.1) is 25.7 Å². The molecule has 0 aromatic carbocycles. The number of nitrogens with zero attached hydrogens (tertiary/aromatic N) is 2. The van der Waals surface area contributed by atoms with Crippen molar-refractivity contribution in [1.82, 2.24) is 10.1 Å². The number of hydrogen-bond donors (Lipinski definition) is 2. The van der Waals surface area contributed by atoms with Crippen molar-refractivity contribution >= 4 is 23.3 Å². The lowest BCUT2D eigenvalue weighted by Gasteiger charge is -2.31. The lowest BCUT2D eigenvalue weighted by Crippen LogP contribution is -2.39. The molecule has 1 fully saturated rings. The van der Waals surface area contributed by atoms with Crippen LogP contribution in [0.4, 0.5) is 11.4 Å². The first kappa shape index (κ1) is 21.8. The van der Waals surface area contributed by atoms with Crippen LogP contribution in [0.2, 0.25) is 0 Å². The molecule has 2 atom stereocenters. The first-order chi connectivity index (χ1) is 14.1. The lowest BCUT2D eigenvalue weighted by molar-refractivity contribution is -0.164. The van der Waals surface area contributed by atoms with E-state index < -0.39 is 17.4 Å². The van der Waals surface area contributed by atoms with Crippen LogP contribution in [0.25, 0.3) is 11.5 Å². The summed E-state index contributed by atoms with van der Waals surface area (Å²) >= 11 is 0. The number of pyridine rings is 1. The van der Waals surface area contributed by atoms with Crippen molar-refractivity contribution < 1.29 is 18.8 Å². The number of carbonyl (C=O) groups excluding carboxylic acids is 2. The largest absolute Gasteiger partial charge is 0.460 e. The normalized spacial score (nSPS) is 19.4. The molecule has 8 nitrogen and oxygen atoms in total. The summed E-state index contributed by atoms with van der Waals surface area (Å²) in [6.45, 7) is 9.06. The molecule has 1 aliphatic rings. The summed E-state index contributed by atoms with van der Waals surface area (Å²) in [4.78, 5) is 30.2. The third-order valence-corrected chi connectivity index (χ3v) is 5.30. The second-order valence-electron chi connectivity index (χ2n) is 8.86. The van der Waals surface area contributed by atoms with Gasteiger partial charge >= 0.3 is 5.97 Å². The van der Waals surface area contributed by atoms with E-state index in [1.807, 2.05) is 20.8 Å². The van der Waals surface area contributed by atoms with Crippen molar-refractivity contribution in [2.45, 2.75) is 65.9 Å². The second-order valence-corrected chi connectivity index (χ2v) is 8.86. The van der Waals surface area contributed by atoms with Crippen molar-refractivity contribution in [3.8, 4) is 11.5 Å². The fourth-order valence-corrected chi connectivity index (χ4v) is 3.71. The van der Waals surface area contributed by atoms with Crippen molar-refractivity contribution in [2.75, 3.05) is 11.1 Å². The smallest absolute Gasteiger partial charge is 0.310 e. The van der Waals surface area contributed by atoms with E-state index in [4.69, 9.17) is 15.0 Å². The summed E-state index contributed by atoms with van der Waals surface area (Å²) in [5.41, 5.74) is 8.21. The average molecular weight is 415 g/mol. The van der Waals surface area contributed by atoms with Gasteiger partial charge in [-0.05, 0) is 59.6 Å². The molecule has 0 bridgehead atoms. The molecule has 30 heavy (non-hydrogen) atoms. The SMILES string of the molecule is Cc1nc(-c2onc(C)c2N)ccc1NC(=O)[C@H]1CCCC[C@@H]1C(=O)OC(C)(C)C. The van der Waals surface area contributed by atoms with Crippen LogP contribution < -0.4 is 11.1 Å². The molecule has 1 saturated carbocycles. The van der Waals surface area contributed by atoms with Gasteiger partial charge in [0.1, 0.15) is 22.7 Å². The molecule has 162 valence electrons. The molecule has 3 N–H and O–H groups in total. The maximum absolute atomic E-state index is 13.0. The number of esters is 1. The number of rotatable bonds is 4. The Hall–Kier alpha value is -2.90. The zero-order chi connectivity index (χ0) is 22.1. The third-order valence-electron chi connectivity index (χ3n) is 5.30. The maximum Gasteiger partial charge on any atom is 0.310 e. The standard InChI is InChI=1S/C22H30N4O4/c1-12-16(10-11-17(24-12)19-18(23)13(2)26-30-19)25-20(27)14-8-6-7-9-15(14)21(28)29-22(3,4)5/h10-11,14-15H,6-9,23H2,1-5H3,(H,25,27)/t14-,15-/m0/s1. The minimum Gasteiger partial charge on any atom is -0.460 e. The fraction of sp³-hybridized carbons (Fsp3) is 0.545. The summed E-state index contributed by atoms with van der Waals surface area (Å²) in [7, 11) is 0. The summed E-state index contributed by atoms with van der Waals surface area (Å²) in [6, 6.07) is 3.49. The molecular formula is C22H30N4O4. The Balaban J connectivity index is 1.75. The molecule has 2 aromatic heterocycles. The van der Waals surface area contributed by atoms with Gasteiger partial charge in [-0.2, -0.15) is 0 Å². The van der Waals surface area contributed by atoms with Gasteiger partial charge in [0, 0.05) is 0 Å². The number of nitrogens with two attached hydrogens (primary N) is 1. The molecule has 0 unspecified atom stereocenters. The summed E-state index contributed by atoms with van der Waals surface area (Å²) in [5, 5.41) is 6.79. The molecule has 1 aliphatic carbocycles. The molecule has 0 aliphatic heterocycles. The predicted octanol–water partition coefficient (Wildman–Crippen LogP) is 4.02.